The first-order chi connectivity index (χ1) is 8.52. The Morgan fingerprint density at radius 2 is 1.94 bits per heavy atom. The van der Waals surface area contributed by atoms with Crippen LogP contribution in [0.5, 0.6) is 0 Å². The molecule has 0 aromatic carbocycles. The van der Waals surface area contributed by atoms with Crippen LogP contribution >= 0.6 is 0 Å². The van der Waals surface area contributed by atoms with Crippen LogP contribution in [0.2, 0.25) is 0 Å². The Balaban J connectivity index is 2.28. The predicted octanol–water partition coefficient (Wildman–Crippen LogP) is 1.20. The molecule has 1 aliphatic rings. The predicted molar refractivity (Wildman–Crippen MR) is 67.5 cm³/mol. The second-order valence-corrected chi connectivity index (χ2v) is 4.87. The molecule has 2 amide bonds. The van der Waals surface area contributed by atoms with E-state index in [1.807, 2.05) is 13.8 Å². The maximum atomic E-state index is 11.4. The molecule has 0 spiro atoms. The standard InChI is InChI=1S/C13H21N3O2/c1-3-15-13(2,10-14)8-4-5-9-16-11(17)6-7-12(16)18/h15H,3-9H2,1-2H3. The number of likely N-dealkylation sites (tertiary alicyclic amines) is 1. The highest BCUT2D eigenvalue weighted by Crippen LogP contribution is 2.16. The molecule has 0 aromatic rings. The molecule has 0 aromatic heterocycles. The number of nitrogens with one attached hydrogen (secondary N) is 1. The lowest BCUT2D eigenvalue weighted by Gasteiger charge is -2.22. The average Bonchev–Trinajstić information content (AvgIpc) is 2.66. The third-order valence-electron chi connectivity index (χ3n) is 3.28. The van der Waals surface area contributed by atoms with E-state index in [0.717, 1.165) is 25.8 Å². The van der Waals surface area contributed by atoms with Crippen molar-refractivity contribution in [2.45, 2.75) is 51.5 Å². The molecule has 1 atom stereocenters. The number of hydrogen-bond acceptors (Lipinski definition) is 4. The number of imide groups is 1. The van der Waals surface area contributed by atoms with Gasteiger partial charge in [-0.05, 0) is 32.7 Å². The number of amides is 2. The molecule has 5 heteroatoms. The zero-order valence-corrected chi connectivity index (χ0v) is 11.2. The molecule has 0 saturated carbocycles. The monoisotopic (exact) mass is 251 g/mol. The number of unbranched alkanes of at least 4 members (excludes halogenated alkanes) is 1. The van der Waals surface area contributed by atoms with Gasteiger partial charge in [-0.25, -0.2) is 0 Å². The van der Waals surface area contributed by atoms with E-state index < -0.39 is 5.54 Å². The van der Waals surface area contributed by atoms with Crippen LogP contribution in [0, 0.1) is 11.3 Å². The number of carbonyl (C=O) groups excluding carboxylic acids is 2. The van der Waals surface area contributed by atoms with E-state index in [0.29, 0.717) is 19.4 Å². The number of nitriles is 1. The van der Waals surface area contributed by atoms with Gasteiger partial charge in [-0.3, -0.25) is 19.8 Å². The summed E-state index contributed by atoms with van der Waals surface area (Å²) in [5.74, 6) is -0.121. The SMILES string of the molecule is CCNC(C)(C#N)CCCCN1C(=O)CCC1=O. The van der Waals surface area contributed by atoms with Gasteiger partial charge in [0.1, 0.15) is 5.54 Å². The highest BCUT2D eigenvalue weighted by molar-refractivity contribution is 6.01. The molecule has 18 heavy (non-hydrogen) atoms. The van der Waals surface area contributed by atoms with Crippen LogP contribution in [0.15, 0.2) is 0 Å². The summed E-state index contributed by atoms with van der Waals surface area (Å²) in [7, 11) is 0. The number of hydrogen-bond donors (Lipinski definition) is 1. The fourth-order valence-corrected chi connectivity index (χ4v) is 2.19. The normalized spacial score (nSPS) is 18.8. The highest BCUT2D eigenvalue weighted by Gasteiger charge is 2.28. The molecule has 1 rings (SSSR count). The van der Waals surface area contributed by atoms with Crippen molar-refractivity contribution < 1.29 is 9.59 Å². The largest absolute Gasteiger partial charge is 0.300 e. The van der Waals surface area contributed by atoms with E-state index in [-0.39, 0.29) is 11.8 Å². The van der Waals surface area contributed by atoms with Crippen molar-refractivity contribution in [3.63, 3.8) is 0 Å². The molecule has 0 aliphatic carbocycles. The summed E-state index contributed by atoms with van der Waals surface area (Å²) in [6.45, 7) is 5.10. The zero-order chi connectivity index (χ0) is 13.6. The minimum atomic E-state index is -0.506. The van der Waals surface area contributed by atoms with Crippen LogP contribution < -0.4 is 5.32 Å². The molecule has 5 nitrogen and oxygen atoms in total. The van der Waals surface area contributed by atoms with E-state index in [1.54, 1.807) is 0 Å². The lowest BCUT2D eigenvalue weighted by Crippen LogP contribution is -2.40. The van der Waals surface area contributed by atoms with Gasteiger partial charge in [-0.1, -0.05) is 6.92 Å². The molecule has 1 unspecified atom stereocenters. The summed E-state index contributed by atoms with van der Waals surface area (Å²) in [4.78, 5) is 24.1. The summed E-state index contributed by atoms with van der Waals surface area (Å²) < 4.78 is 0. The van der Waals surface area contributed by atoms with E-state index in [4.69, 9.17) is 5.26 Å². The zero-order valence-electron chi connectivity index (χ0n) is 11.2. The lowest BCUT2D eigenvalue weighted by atomic mass is 9.96. The van der Waals surface area contributed by atoms with Crippen LogP contribution in [0.4, 0.5) is 0 Å². The number of carbonyl (C=O) groups is 2. The molecule has 0 radical (unpaired) electrons. The van der Waals surface area contributed by atoms with Gasteiger partial charge in [0.25, 0.3) is 0 Å². The summed E-state index contributed by atoms with van der Waals surface area (Å²) in [6.07, 6.45) is 3.03. The maximum absolute atomic E-state index is 11.4. The van der Waals surface area contributed by atoms with Gasteiger partial charge in [-0.2, -0.15) is 5.26 Å². The van der Waals surface area contributed by atoms with Crippen LogP contribution in [-0.2, 0) is 9.59 Å². The summed E-state index contributed by atoms with van der Waals surface area (Å²) in [6, 6.07) is 2.27. The fraction of sp³-hybridized carbons (Fsp3) is 0.769. The van der Waals surface area contributed by atoms with Crippen molar-refractivity contribution in [1.82, 2.24) is 10.2 Å². The molecule has 1 heterocycles. The van der Waals surface area contributed by atoms with Gasteiger partial charge in [0.2, 0.25) is 11.8 Å². The van der Waals surface area contributed by atoms with Crippen molar-refractivity contribution in [2.24, 2.45) is 0 Å². The van der Waals surface area contributed by atoms with Crippen molar-refractivity contribution in [3.05, 3.63) is 0 Å². The van der Waals surface area contributed by atoms with E-state index in [9.17, 15) is 9.59 Å². The Bertz CT molecular complexity index is 346. The van der Waals surface area contributed by atoms with E-state index in [2.05, 4.69) is 11.4 Å². The first-order valence-electron chi connectivity index (χ1n) is 6.52. The quantitative estimate of drug-likeness (QED) is 0.545. The van der Waals surface area contributed by atoms with Crippen LogP contribution in [0.25, 0.3) is 0 Å². The molecule has 100 valence electrons. The molecule has 1 saturated heterocycles. The van der Waals surface area contributed by atoms with Crippen molar-refractivity contribution in [3.8, 4) is 6.07 Å². The lowest BCUT2D eigenvalue weighted by molar-refractivity contribution is -0.138. The van der Waals surface area contributed by atoms with Crippen molar-refractivity contribution >= 4 is 11.8 Å². The minimum absolute atomic E-state index is 0.0604. The van der Waals surface area contributed by atoms with Gasteiger partial charge in [0, 0.05) is 19.4 Å². The Morgan fingerprint density at radius 1 is 1.33 bits per heavy atom. The van der Waals surface area contributed by atoms with Crippen LogP contribution in [0.1, 0.15) is 46.0 Å². The third-order valence-corrected chi connectivity index (χ3v) is 3.28. The van der Waals surface area contributed by atoms with E-state index >= 15 is 0 Å². The van der Waals surface area contributed by atoms with Crippen LogP contribution in [0.3, 0.4) is 0 Å². The van der Waals surface area contributed by atoms with Gasteiger partial charge in [-0.15, -0.1) is 0 Å². The summed E-state index contributed by atoms with van der Waals surface area (Å²) in [5.41, 5.74) is -0.506. The molecule has 0 bridgehead atoms. The highest BCUT2D eigenvalue weighted by atomic mass is 16.2. The number of nitrogens with zero attached hydrogens (tertiary/aromatic N) is 2. The van der Waals surface area contributed by atoms with E-state index in [1.165, 1.54) is 4.90 Å². The summed E-state index contributed by atoms with van der Waals surface area (Å²) >= 11 is 0. The Labute approximate surface area is 108 Å². The van der Waals surface area contributed by atoms with Gasteiger partial charge in [0.05, 0.1) is 6.07 Å². The first-order valence-corrected chi connectivity index (χ1v) is 6.52. The Kier molecular flexibility index (Phi) is 5.29. The Morgan fingerprint density at radius 3 is 2.44 bits per heavy atom. The molecule has 1 N–H and O–H groups in total. The Hall–Kier alpha value is -1.41. The minimum Gasteiger partial charge on any atom is -0.300 e. The summed E-state index contributed by atoms with van der Waals surface area (Å²) in [5, 5.41) is 12.2. The second kappa shape index (κ2) is 6.50. The van der Waals surface area contributed by atoms with Gasteiger partial charge in [0.15, 0.2) is 0 Å². The average molecular weight is 251 g/mol. The number of rotatable bonds is 7. The van der Waals surface area contributed by atoms with Gasteiger partial charge < -0.3 is 0 Å². The third kappa shape index (κ3) is 3.81. The molecule has 1 fully saturated rings. The topological polar surface area (TPSA) is 73.2 Å². The molecule has 1 aliphatic heterocycles. The fourth-order valence-electron chi connectivity index (χ4n) is 2.19. The van der Waals surface area contributed by atoms with Crippen LogP contribution in [-0.4, -0.2) is 35.3 Å². The maximum Gasteiger partial charge on any atom is 0.229 e. The first kappa shape index (κ1) is 14.7. The smallest absolute Gasteiger partial charge is 0.229 e. The van der Waals surface area contributed by atoms with Gasteiger partial charge >= 0.3 is 0 Å². The van der Waals surface area contributed by atoms with Crippen molar-refractivity contribution in [1.29, 1.82) is 5.26 Å². The molecular formula is C13H21N3O2. The molecular weight excluding hydrogens is 230 g/mol. The van der Waals surface area contributed by atoms with Crippen molar-refractivity contribution in [2.75, 3.05) is 13.1 Å². The second-order valence-electron chi connectivity index (χ2n) is 4.87.